The van der Waals surface area contributed by atoms with Crippen LogP contribution in [0.3, 0.4) is 0 Å². The highest BCUT2D eigenvalue weighted by atomic mass is 32.2. The maximum atomic E-state index is 11.8. The van der Waals surface area contributed by atoms with E-state index in [1.165, 1.54) is 11.1 Å². The lowest BCUT2D eigenvalue weighted by atomic mass is 10.1. The maximum Gasteiger partial charge on any atom is 0.225 e. The summed E-state index contributed by atoms with van der Waals surface area (Å²) in [6, 6.07) is 15.5. The quantitative estimate of drug-likeness (QED) is 0.629. The van der Waals surface area contributed by atoms with Crippen molar-refractivity contribution >= 4 is 29.0 Å². The number of carbonyl (C=O) groups excluding carboxylic acids is 1. The highest BCUT2D eigenvalue weighted by molar-refractivity contribution is 7.98. The zero-order valence-corrected chi connectivity index (χ0v) is 13.0. The Morgan fingerprint density at radius 3 is 2.57 bits per heavy atom. The number of hydrogen-bond acceptors (Lipinski definition) is 3. The number of nitrogens with one attached hydrogen (secondary N) is 1. The Morgan fingerprint density at radius 2 is 1.86 bits per heavy atom. The summed E-state index contributed by atoms with van der Waals surface area (Å²) in [5.74, 6) is 1.80. The average molecular weight is 300 g/mol. The van der Waals surface area contributed by atoms with Crippen LogP contribution in [0, 0.1) is 6.92 Å². The molecule has 0 heterocycles. The van der Waals surface area contributed by atoms with E-state index < -0.39 is 0 Å². The van der Waals surface area contributed by atoms with Gasteiger partial charge in [-0.1, -0.05) is 24.3 Å². The third-order valence-corrected chi connectivity index (χ3v) is 4.19. The van der Waals surface area contributed by atoms with Gasteiger partial charge < -0.3 is 11.1 Å². The van der Waals surface area contributed by atoms with Crippen LogP contribution < -0.4 is 11.1 Å². The van der Waals surface area contributed by atoms with Gasteiger partial charge in [-0.25, -0.2) is 0 Å². The Kier molecular flexibility index (Phi) is 5.69. The summed E-state index contributed by atoms with van der Waals surface area (Å²) in [6.07, 6.45) is 0.515. The predicted molar refractivity (Wildman–Crippen MR) is 91.4 cm³/mol. The molecule has 0 aliphatic carbocycles. The van der Waals surface area contributed by atoms with Gasteiger partial charge in [0.2, 0.25) is 5.91 Å². The Bertz CT molecular complexity index is 596. The van der Waals surface area contributed by atoms with Gasteiger partial charge in [0.05, 0.1) is 0 Å². The Balaban J connectivity index is 1.70. The monoisotopic (exact) mass is 300 g/mol. The summed E-state index contributed by atoms with van der Waals surface area (Å²) in [7, 11) is 0. The van der Waals surface area contributed by atoms with Gasteiger partial charge >= 0.3 is 0 Å². The Morgan fingerprint density at radius 1 is 1.14 bits per heavy atom. The summed E-state index contributed by atoms with van der Waals surface area (Å²) in [4.78, 5) is 11.8. The minimum atomic E-state index is 0.0389. The fourth-order valence-corrected chi connectivity index (χ4v) is 2.93. The lowest BCUT2D eigenvalue weighted by Crippen LogP contribution is -2.12. The lowest BCUT2D eigenvalue weighted by molar-refractivity contribution is -0.115. The Labute approximate surface area is 129 Å². The molecule has 0 aliphatic heterocycles. The highest BCUT2D eigenvalue weighted by Gasteiger charge is 2.03. The first-order valence-corrected chi connectivity index (χ1v) is 8.08. The first kappa shape index (κ1) is 15.4. The number of thioether (sulfide) groups is 1. The van der Waals surface area contributed by atoms with Gasteiger partial charge in [-0.05, 0) is 42.3 Å². The summed E-state index contributed by atoms with van der Waals surface area (Å²) < 4.78 is 0. The normalized spacial score (nSPS) is 10.3. The molecule has 0 aromatic heterocycles. The topological polar surface area (TPSA) is 55.1 Å². The maximum absolute atomic E-state index is 11.8. The zero-order valence-electron chi connectivity index (χ0n) is 12.1. The molecule has 0 spiro atoms. The minimum absolute atomic E-state index is 0.0389. The van der Waals surface area contributed by atoms with Crippen LogP contribution in [0.2, 0.25) is 0 Å². The highest BCUT2D eigenvalue weighted by Crippen LogP contribution is 2.17. The van der Waals surface area contributed by atoms with Gasteiger partial charge in [0.1, 0.15) is 0 Å². The van der Waals surface area contributed by atoms with Gasteiger partial charge in [0.25, 0.3) is 0 Å². The molecular formula is C17H20N2OS. The molecule has 2 aromatic carbocycles. The van der Waals surface area contributed by atoms with Gasteiger partial charge in [-0.3, -0.25) is 4.79 Å². The van der Waals surface area contributed by atoms with Crippen LogP contribution >= 0.6 is 11.8 Å². The molecule has 3 N–H and O–H groups in total. The molecule has 4 heteroatoms. The van der Waals surface area contributed by atoms with Crippen molar-refractivity contribution in [3.8, 4) is 0 Å². The van der Waals surface area contributed by atoms with Crippen LogP contribution in [0.4, 0.5) is 11.4 Å². The van der Waals surface area contributed by atoms with E-state index in [4.69, 9.17) is 5.73 Å². The second-order valence-corrected chi connectivity index (χ2v) is 6.00. The third-order valence-electron chi connectivity index (χ3n) is 3.19. The second-order valence-electron chi connectivity index (χ2n) is 4.90. The van der Waals surface area contributed by atoms with Gasteiger partial charge in [0.15, 0.2) is 0 Å². The molecule has 0 aliphatic rings. The summed E-state index contributed by atoms with van der Waals surface area (Å²) in [5, 5.41) is 2.87. The standard InChI is InChI=1S/C17H20N2OS/c1-13-4-2-3-5-14(13)12-21-11-10-17(20)19-16-8-6-15(18)7-9-16/h2-9H,10-12,18H2,1H3,(H,19,20). The number of hydrogen-bond donors (Lipinski definition) is 2. The number of aryl methyl sites for hydroxylation is 1. The zero-order chi connectivity index (χ0) is 15.1. The third kappa shape index (κ3) is 5.16. The number of amides is 1. The molecule has 1 amide bonds. The van der Waals surface area contributed by atoms with Gasteiger partial charge in [0, 0.05) is 29.3 Å². The van der Waals surface area contributed by atoms with E-state index in [-0.39, 0.29) is 5.91 Å². The molecule has 0 saturated carbocycles. The molecule has 0 unspecified atom stereocenters. The van der Waals surface area contributed by atoms with E-state index in [1.807, 2.05) is 18.2 Å². The number of benzene rings is 2. The van der Waals surface area contributed by atoms with Crippen molar-refractivity contribution in [1.29, 1.82) is 0 Å². The fourth-order valence-electron chi connectivity index (χ4n) is 1.91. The van der Waals surface area contributed by atoms with Crippen LogP contribution in [0.15, 0.2) is 48.5 Å². The van der Waals surface area contributed by atoms with Crippen molar-refractivity contribution in [2.24, 2.45) is 0 Å². The van der Waals surface area contributed by atoms with E-state index in [1.54, 1.807) is 23.9 Å². The van der Waals surface area contributed by atoms with Crippen molar-refractivity contribution < 1.29 is 4.79 Å². The van der Waals surface area contributed by atoms with Crippen LogP contribution in [-0.4, -0.2) is 11.7 Å². The summed E-state index contributed by atoms with van der Waals surface area (Å²) in [6.45, 7) is 2.11. The number of rotatable bonds is 6. The van der Waals surface area contributed by atoms with E-state index in [2.05, 4.69) is 30.4 Å². The van der Waals surface area contributed by atoms with Crippen molar-refractivity contribution in [2.75, 3.05) is 16.8 Å². The van der Waals surface area contributed by atoms with Crippen LogP contribution in [0.5, 0.6) is 0 Å². The molecule has 2 rings (SSSR count). The van der Waals surface area contributed by atoms with Crippen LogP contribution in [0.25, 0.3) is 0 Å². The van der Waals surface area contributed by atoms with Crippen molar-refractivity contribution in [2.45, 2.75) is 19.1 Å². The molecule has 0 atom stereocenters. The molecular weight excluding hydrogens is 280 g/mol. The smallest absolute Gasteiger partial charge is 0.225 e. The SMILES string of the molecule is Cc1ccccc1CSCCC(=O)Nc1ccc(N)cc1. The lowest BCUT2D eigenvalue weighted by Gasteiger charge is -2.07. The largest absolute Gasteiger partial charge is 0.399 e. The second kappa shape index (κ2) is 7.74. The van der Waals surface area contributed by atoms with Crippen LogP contribution in [0.1, 0.15) is 17.5 Å². The van der Waals surface area contributed by atoms with Crippen molar-refractivity contribution in [3.05, 3.63) is 59.7 Å². The minimum Gasteiger partial charge on any atom is -0.399 e. The summed E-state index contributed by atoms with van der Waals surface area (Å²) in [5.41, 5.74) is 9.73. The number of anilines is 2. The fraction of sp³-hybridized carbons (Fsp3) is 0.235. The summed E-state index contributed by atoms with van der Waals surface area (Å²) >= 11 is 1.78. The Hall–Kier alpha value is -1.94. The molecule has 0 radical (unpaired) electrons. The average Bonchev–Trinajstić information content (AvgIpc) is 2.48. The first-order valence-electron chi connectivity index (χ1n) is 6.93. The molecule has 3 nitrogen and oxygen atoms in total. The van der Waals surface area contributed by atoms with Gasteiger partial charge in [-0.2, -0.15) is 11.8 Å². The molecule has 2 aromatic rings. The molecule has 0 bridgehead atoms. The van der Waals surface area contributed by atoms with E-state index >= 15 is 0 Å². The van der Waals surface area contributed by atoms with Crippen LogP contribution in [-0.2, 0) is 10.5 Å². The number of nitrogen functional groups attached to an aromatic ring is 1. The first-order chi connectivity index (χ1) is 10.1. The molecule has 0 fully saturated rings. The molecule has 21 heavy (non-hydrogen) atoms. The van der Waals surface area contributed by atoms with Crippen molar-refractivity contribution in [3.63, 3.8) is 0 Å². The van der Waals surface area contributed by atoms with E-state index in [9.17, 15) is 4.79 Å². The predicted octanol–water partition coefficient (Wildman–Crippen LogP) is 3.84. The number of carbonyl (C=O) groups is 1. The van der Waals surface area contributed by atoms with E-state index in [0.29, 0.717) is 12.1 Å². The molecule has 0 saturated heterocycles. The van der Waals surface area contributed by atoms with E-state index in [0.717, 1.165) is 17.2 Å². The van der Waals surface area contributed by atoms with Crippen molar-refractivity contribution in [1.82, 2.24) is 0 Å². The van der Waals surface area contributed by atoms with Gasteiger partial charge in [-0.15, -0.1) is 0 Å². The molecule has 110 valence electrons. The number of nitrogens with two attached hydrogens (primary N) is 1.